The summed E-state index contributed by atoms with van der Waals surface area (Å²) in [5, 5.41) is 2.05. The predicted octanol–water partition coefficient (Wildman–Crippen LogP) is 13.9. The number of hydrogen-bond acceptors (Lipinski definition) is 5. The van der Waals surface area contributed by atoms with Crippen LogP contribution in [0, 0.1) is 11.8 Å². The number of carbonyl (C=O) groups is 2. The van der Waals surface area contributed by atoms with Crippen molar-refractivity contribution in [2.24, 2.45) is 11.8 Å². The van der Waals surface area contributed by atoms with Gasteiger partial charge < -0.3 is 14.7 Å². The van der Waals surface area contributed by atoms with Crippen molar-refractivity contribution in [1.82, 2.24) is 9.80 Å². The fourth-order valence-corrected chi connectivity index (χ4v) is 10.2. The summed E-state index contributed by atoms with van der Waals surface area (Å²) in [4.78, 5) is 39.0. The number of thiophene rings is 2. The number of anilines is 3. The van der Waals surface area contributed by atoms with E-state index < -0.39 is 0 Å². The van der Waals surface area contributed by atoms with E-state index in [4.69, 9.17) is 0 Å². The van der Waals surface area contributed by atoms with Gasteiger partial charge in [-0.1, -0.05) is 119 Å². The van der Waals surface area contributed by atoms with Crippen molar-refractivity contribution in [1.29, 1.82) is 0 Å². The molecule has 8 heteroatoms. The zero-order valence-corrected chi connectivity index (χ0v) is 36.2. The standard InChI is InChI=1S/C48H52BrN3O2S2/c1-5-9-15-33(7-3)31-50-45(41-19-14-30-55-41)43-44(48(50)54)46(51(47(43)53)32-34(8-4)16-10-6-2)42-29-28-40(56-42)35-20-24-38(25-21-35)52(37-17-12-11-13-18-37)39-26-22-36(49)23-27-39/h11-14,17-30,33-34H,5-10,15-16,31-32H2,1-4H3. The van der Waals surface area contributed by atoms with Gasteiger partial charge >= 0.3 is 0 Å². The molecule has 0 spiro atoms. The molecule has 2 aliphatic rings. The number of carbonyl (C=O) groups excluding carboxylic acids is 2. The minimum absolute atomic E-state index is 0.0287. The summed E-state index contributed by atoms with van der Waals surface area (Å²) in [6, 6.07) is 35.9. The lowest BCUT2D eigenvalue weighted by molar-refractivity contribution is -0.124. The summed E-state index contributed by atoms with van der Waals surface area (Å²) in [5.41, 5.74) is 7.10. The molecule has 2 amide bonds. The van der Waals surface area contributed by atoms with Crippen molar-refractivity contribution >= 4 is 78.9 Å². The Hall–Kier alpha value is -4.24. The summed E-state index contributed by atoms with van der Waals surface area (Å²) in [6.07, 6.45) is 8.63. The summed E-state index contributed by atoms with van der Waals surface area (Å²) < 4.78 is 1.04. The zero-order valence-electron chi connectivity index (χ0n) is 33.0. The Labute approximate surface area is 349 Å². The van der Waals surface area contributed by atoms with E-state index in [2.05, 4.69) is 140 Å². The molecule has 2 unspecified atom stereocenters. The molecule has 3 aromatic carbocycles. The molecule has 5 nitrogen and oxygen atoms in total. The largest absolute Gasteiger partial charge is 0.311 e. The smallest absolute Gasteiger partial charge is 0.261 e. The lowest BCUT2D eigenvalue weighted by Gasteiger charge is -2.29. The monoisotopic (exact) mass is 845 g/mol. The molecule has 0 bridgehead atoms. The molecular formula is C48H52BrN3O2S2. The first-order valence-electron chi connectivity index (χ1n) is 20.3. The number of fused-ring (bicyclic) bond motifs is 1. The molecule has 2 aliphatic heterocycles. The lowest BCUT2D eigenvalue weighted by Crippen LogP contribution is -2.34. The topological polar surface area (TPSA) is 43.9 Å². The Morgan fingerprint density at radius 3 is 1.62 bits per heavy atom. The number of amides is 2. The first kappa shape index (κ1) is 40.0. The van der Waals surface area contributed by atoms with E-state index in [0.29, 0.717) is 36.1 Å². The van der Waals surface area contributed by atoms with E-state index in [0.717, 1.165) is 104 Å². The second kappa shape index (κ2) is 18.4. The first-order chi connectivity index (χ1) is 27.4. The van der Waals surface area contributed by atoms with Gasteiger partial charge in [-0.25, -0.2) is 0 Å². The third-order valence-electron chi connectivity index (χ3n) is 11.3. The van der Waals surface area contributed by atoms with Crippen LogP contribution in [0.1, 0.15) is 88.8 Å². The number of halogens is 1. The van der Waals surface area contributed by atoms with Gasteiger partial charge in [0.1, 0.15) is 0 Å². The van der Waals surface area contributed by atoms with E-state index >= 15 is 0 Å². The maximum atomic E-state index is 14.9. The van der Waals surface area contributed by atoms with Gasteiger partial charge in [0, 0.05) is 39.5 Å². The van der Waals surface area contributed by atoms with Crippen LogP contribution in [-0.2, 0) is 9.59 Å². The van der Waals surface area contributed by atoms with E-state index in [-0.39, 0.29) is 11.8 Å². The van der Waals surface area contributed by atoms with Gasteiger partial charge in [0.2, 0.25) is 0 Å². The number of rotatable bonds is 18. The van der Waals surface area contributed by atoms with Crippen LogP contribution in [0.5, 0.6) is 0 Å². The highest BCUT2D eigenvalue weighted by Crippen LogP contribution is 2.50. The molecule has 290 valence electrons. The molecule has 7 rings (SSSR count). The van der Waals surface area contributed by atoms with Crippen molar-refractivity contribution < 1.29 is 9.59 Å². The van der Waals surface area contributed by atoms with Crippen LogP contribution in [0.3, 0.4) is 0 Å². The highest BCUT2D eigenvalue weighted by atomic mass is 79.9. The fourth-order valence-electron chi connectivity index (χ4n) is 8.03. The minimum atomic E-state index is -0.0287. The van der Waals surface area contributed by atoms with Gasteiger partial charge in [0.25, 0.3) is 11.8 Å². The number of unbranched alkanes of at least 4 members (excludes halogenated alkanes) is 2. The summed E-state index contributed by atoms with van der Waals surface area (Å²) in [6.45, 7) is 10.1. The molecular weight excluding hydrogens is 795 g/mol. The molecule has 0 saturated carbocycles. The number of hydrogen-bond donors (Lipinski definition) is 0. The Balaban J connectivity index is 1.29. The maximum absolute atomic E-state index is 14.9. The molecule has 0 fully saturated rings. The zero-order chi connectivity index (χ0) is 39.2. The molecule has 56 heavy (non-hydrogen) atoms. The van der Waals surface area contributed by atoms with Crippen molar-refractivity contribution in [2.75, 3.05) is 18.0 Å². The molecule has 0 radical (unpaired) electrons. The molecule has 0 saturated heterocycles. The van der Waals surface area contributed by atoms with E-state index in [1.165, 1.54) is 0 Å². The molecule has 4 heterocycles. The van der Waals surface area contributed by atoms with Crippen molar-refractivity contribution in [3.63, 3.8) is 0 Å². The predicted molar refractivity (Wildman–Crippen MR) is 240 cm³/mol. The number of para-hydroxylation sites is 1. The van der Waals surface area contributed by atoms with Crippen LogP contribution in [0.2, 0.25) is 0 Å². The van der Waals surface area contributed by atoms with Crippen LogP contribution in [0.25, 0.3) is 21.8 Å². The van der Waals surface area contributed by atoms with Gasteiger partial charge in [-0.05, 0) is 102 Å². The van der Waals surface area contributed by atoms with Crippen LogP contribution < -0.4 is 4.90 Å². The normalized spacial score (nSPS) is 15.3. The molecule has 5 aromatic rings. The molecule has 2 atom stereocenters. The summed E-state index contributed by atoms with van der Waals surface area (Å²) in [5.74, 6) is 0.673. The fraction of sp³-hybridized carbons (Fsp3) is 0.333. The maximum Gasteiger partial charge on any atom is 0.261 e. The van der Waals surface area contributed by atoms with Crippen LogP contribution >= 0.6 is 38.6 Å². The minimum Gasteiger partial charge on any atom is -0.311 e. The van der Waals surface area contributed by atoms with E-state index in [1.54, 1.807) is 22.7 Å². The van der Waals surface area contributed by atoms with Gasteiger partial charge in [-0.15, -0.1) is 22.7 Å². The van der Waals surface area contributed by atoms with Crippen molar-refractivity contribution in [3.8, 4) is 10.4 Å². The van der Waals surface area contributed by atoms with Gasteiger partial charge in [0.05, 0.1) is 32.3 Å². The second-order valence-electron chi connectivity index (χ2n) is 14.9. The van der Waals surface area contributed by atoms with E-state index in [1.807, 2.05) is 27.3 Å². The van der Waals surface area contributed by atoms with Crippen LogP contribution in [0.15, 0.2) is 124 Å². The molecule has 0 aliphatic carbocycles. The average Bonchev–Trinajstić information content (AvgIpc) is 4.04. The van der Waals surface area contributed by atoms with Crippen molar-refractivity contribution in [2.45, 2.75) is 79.1 Å². The molecule has 2 aromatic heterocycles. The average molecular weight is 847 g/mol. The highest BCUT2D eigenvalue weighted by Gasteiger charge is 2.50. The van der Waals surface area contributed by atoms with Gasteiger partial charge in [-0.3, -0.25) is 9.59 Å². The summed E-state index contributed by atoms with van der Waals surface area (Å²) >= 11 is 6.87. The van der Waals surface area contributed by atoms with Gasteiger partial charge in [-0.2, -0.15) is 0 Å². The quantitative estimate of drug-likeness (QED) is 0.0882. The highest BCUT2D eigenvalue weighted by molar-refractivity contribution is 9.10. The molecule has 0 N–H and O–H groups in total. The van der Waals surface area contributed by atoms with E-state index in [9.17, 15) is 9.59 Å². The van der Waals surface area contributed by atoms with Crippen LogP contribution in [-0.4, -0.2) is 34.7 Å². The lowest BCUT2D eigenvalue weighted by atomic mass is 9.98. The van der Waals surface area contributed by atoms with Crippen LogP contribution in [0.4, 0.5) is 17.1 Å². The second-order valence-corrected chi connectivity index (χ2v) is 17.9. The van der Waals surface area contributed by atoms with Gasteiger partial charge in [0.15, 0.2) is 0 Å². The third kappa shape index (κ3) is 8.25. The SMILES string of the molecule is CCCCC(CC)CN1C(=O)C2=C(c3ccc(-c4ccc(N(c5ccccc5)c5ccc(Br)cc5)cc4)s3)N(CC(CC)CCCC)C(=O)C2=C1c1cccs1. The Morgan fingerprint density at radius 2 is 1.11 bits per heavy atom. The van der Waals surface area contributed by atoms with Crippen molar-refractivity contribution in [3.05, 3.63) is 134 Å². The Morgan fingerprint density at radius 1 is 0.589 bits per heavy atom. The Kier molecular flexibility index (Phi) is 13.1. The first-order valence-corrected chi connectivity index (χ1v) is 22.8. The third-order valence-corrected chi connectivity index (χ3v) is 13.8. The number of benzene rings is 3. The Bertz CT molecular complexity index is 2170. The summed E-state index contributed by atoms with van der Waals surface area (Å²) in [7, 11) is 0. The number of nitrogens with zero attached hydrogens (tertiary/aromatic N) is 3.